The van der Waals surface area contributed by atoms with Crippen molar-refractivity contribution in [2.24, 2.45) is 0 Å². The van der Waals surface area contributed by atoms with Gasteiger partial charge in [-0.05, 0) is 44.9 Å². The Morgan fingerprint density at radius 2 is 1.62 bits per heavy atom. The molecule has 0 saturated carbocycles. The zero-order valence-electron chi connectivity index (χ0n) is 12.8. The summed E-state index contributed by atoms with van der Waals surface area (Å²) < 4.78 is 0. The third-order valence-corrected chi connectivity index (χ3v) is 3.24. The summed E-state index contributed by atoms with van der Waals surface area (Å²) in [5.41, 5.74) is 2.21. The molecule has 0 aliphatic heterocycles. The highest BCUT2D eigenvalue weighted by atomic mass is 16.3. The third-order valence-electron chi connectivity index (χ3n) is 3.24. The molecule has 2 aromatic rings. The fourth-order valence-corrected chi connectivity index (χ4v) is 2.13. The van der Waals surface area contributed by atoms with Crippen LogP contribution in [0.4, 0.5) is 11.6 Å². The second-order valence-electron chi connectivity index (χ2n) is 4.97. The summed E-state index contributed by atoms with van der Waals surface area (Å²) >= 11 is 0. The second kappa shape index (κ2) is 6.92. The average Bonchev–Trinajstić information content (AvgIpc) is 2.46. The molecule has 5 heteroatoms. The van der Waals surface area contributed by atoms with Crippen LogP contribution in [0.2, 0.25) is 0 Å². The number of nitrogens with zero attached hydrogens (tertiary/aromatic N) is 2. The number of anilines is 2. The van der Waals surface area contributed by atoms with Crippen LogP contribution in [0, 0.1) is 13.8 Å². The maximum atomic E-state index is 9.27. The number of rotatable bonds is 6. The molecular formula is C16H22N4O. The van der Waals surface area contributed by atoms with Crippen LogP contribution in [0.5, 0.6) is 5.75 Å². The molecule has 0 aliphatic carbocycles. The van der Waals surface area contributed by atoms with E-state index in [2.05, 4.69) is 27.5 Å². The number of aromatic hydroxyl groups is 1. The maximum Gasteiger partial charge on any atom is 0.134 e. The molecule has 0 aliphatic rings. The van der Waals surface area contributed by atoms with Gasteiger partial charge in [-0.3, -0.25) is 0 Å². The van der Waals surface area contributed by atoms with Gasteiger partial charge in [0.1, 0.15) is 23.2 Å². The van der Waals surface area contributed by atoms with Crippen LogP contribution in [0.15, 0.2) is 24.3 Å². The zero-order chi connectivity index (χ0) is 15.2. The van der Waals surface area contributed by atoms with Crippen LogP contribution in [0.3, 0.4) is 0 Å². The van der Waals surface area contributed by atoms with Gasteiger partial charge in [0.25, 0.3) is 0 Å². The fourth-order valence-electron chi connectivity index (χ4n) is 2.13. The lowest BCUT2D eigenvalue weighted by atomic mass is 10.1. The van der Waals surface area contributed by atoms with Gasteiger partial charge in [-0.1, -0.05) is 12.1 Å². The van der Waals surface area contributed by atoms with Gasteiger partial charge in [0.2, 0.25) is 0 Å². The number of aryl methyl sites for hydroxylation is 1. The predicted molar refractivity (Wildman–Crippen MR) is 86.0 cm³/mol. The summed E-state index contributed by atoms with van der Waals surface area (Å²) in [5, 5.41) is 15.9. The van der Waals surface area contributed by atoms with Gasteiger partial charge in [0, 0.05) is 18.7 Å². The van der Waals surface area contributed by atoms with Crippen LogP contribution in [0.25, 0.3) is 0 Å². The van der Waals surface area contributed by atoms with Crippen LogP contribution < -0.4 is 10.6 Å². The number of hydrogen-bond acceptors (Lipinski definition) is 5. The molecule has 1 aromatic carbocycles. The molecule has 21 heavy (non-hydrogen) atoms. The average molecular weight is 286 g/mol. The minimum Gasteiger partial charge on any atom is -0.508 e. The zero-order valence-corrected chi connectivity index (χ0v) is 12.8. The molecule has 0 fully saturated rings. The Bertz CT molecular complexity index is 596. The molecule has 0 amide bonds. The number of hydrogen-bond donors (Lipinski definition) is 3. The Kier molecular flexibility index (Phi) is 4.98. The Morgan fingerprint density at radius 3 is 2.24 bits per heavy atom. The number of phenolic OH excluding ortho intramolecular Hbond substituents is 1. The van der Waals surface area contributed by atoms with Gasteiger partial charge in [-0.15, -0.1) is 0 Å². The number of benzene rings is 1. The van der Waals surface area contributed by atoms with E-state index in [1.165, 1.54) is 5.56 Å². The summed E-state index contributed by atoms with van der Waals surface area (Å²) in [6.45, 7) is 7.58. The Hall–Kier alpha value is -2.30. The van der Waals surface area contributed by atoms with Gasteiger partial charge in [-0.25, -0.2) is 9.97 Å². The smallest absolute Gasteiger partial charge is 0.134 e. The summed E-state index contributed by atoms with van der Waals surface area (Å²) in [4.78, 5) is 8.87. The van der Waals surface area contributed by atoms with E-state index in [1.54, 1.807) is 12.1 Å². The summed E-state index contributed by atoms with van der Waals surface area (Å²) in [7, 11) is 0. The minimum atomic E-state index is 0.296. The molecule has 0 bridgehead atoms. The Balaban J connectivity index is 2.01. The third kappa shape index (κ3) is 4.08. The van der Waals surface area contributed by atoms with E-state index in [0.29, 0.717) is 5.75 Å². The molecule has 0 unspecified atom stereocenters. The standard InChI is InChI=1S/C16H22N4O/c1-4-17-15-11(2)16(20-12(3)19-15)18-10-9-13-5-7-14(21)8-6-13/h5-8,21H,4,9-10H2,1-3H3,(H2,17,18,19,20). The quantitative estimate of drug-likeness (QED) is 0.761. The van der Waals surface area contributed by atoms with Crippen LogP contribution in [-0.2, 0) is 6.42 Å². The molecule has 0 atom stereocenters. The van der Waals surface area contributed by atoms with Crippen molar-refractivity contribution >= 4 is 11.6 Å². The van der Waals surface area contributed by atoms with Crippen molar-refractivity contribution in [2.75, 3.05) is 23.7 Å². The van der Waals surface area contributed by atoms with Gasteiger partial charge in [0.05, 0.1) is 0 Å². The lowest BCUT2D eigenvalue weighted by molar-refractivity contribution is 0.475. The molecule has 0 radical (unpaired) electrons. The van der Waals surface area contributed by atoms with Crippen molar-refractivity contribution in [2.45, 2.75) is 27.2 Å². The topological polar surface area (TPSA) is 70.1 Å². The first-order valence-corrected chi connectivity index (χ1v) is 7.21. The van der Waals surface area contributed by atoms with Crippen molar-refractivity contribution in [3.05, 3.63) is 41.2 Å². The fraction of sp³-hybridized carbons (Fsp3) is 0.375. The molecule has 3 N–H and O–H groups in total. The Morgan fingerprint density at radius 1 is 1.00 bits per heavy atom. The van der Waals surface area contributed by atoms with E-state index in [4.69, 9.17) is 0 Å². The van der Waals surface area contributed by atoms with E-state index in [9.17, 15) is 5.11 Å². The monoisotopic (exact) mass is 286 g/mol. The van der Waals surface area contributed by atoms with Crippen LogP contribution in [0.1, 0.15) is 23.9 Å². The van der Waals surface area contributed by atoms with E-state index in [0.717, 1.165) is 42.5 Å². The lowest BCUT2D eigenvalue weighted by Gasteiger charge is -2.13. The van der Waals surface area contributed by atoms with Crippen LogP contribution >= 0.6 is 0 Å². The highest BCUT2D eigenvalue weighted by molar-refractivity contribution is 5.57. The van der Waals surface area contributed by atoms with Crippen LogP contribution in [-0.4, -0.2) is 28.2 Å². The van der Waals surface area contributed by atoms with E-state index in [1.807, 2.05) is 26.0 Å². The second-order valence-corrected chi connectivity index (χ2v) is 4.97. The molecule has 2 rings (SSSR count). The number of phenols is 1. The largest absolute Gasteiger partial charge is 0.508 e. The van der Waals surface area contributed by atoms with Crippen molar-refractivity contribution in [1.82, 2.24) is 9.97 Å². The molecule has 112 valence electrons. The van der Waals surface area contributed by atoms with Crippen molar-refractivity contribution in [3.8, 4) is 5.75 Å². The van der Waals surface area contributed by atoms with Gasteiger partial charge < -0.3 is 15.7 Å². The van der Waals surface area contributed by atoms with E-state index in [-0.39, 0.29) is 0 Å². The van der Waals surface area contributed by atoms with Gasteiger partial charge >= 0.3 is 0 Å². The number of nitrogens with one attached hydrogen (secondary N) is 2. The van der Waals surface area contributed by atoms with E-state index < -0.39 is 0 Å². The van der Waals surface area contributed by atoms with Crippen molar-refractivity contribution in [1.29, 1.82) is 0 Å². The highest BCUT2D eigenvalue weighted by Gasteiger charge is 2.08. The molecule has 0 saturated heterocycles. The van der Waals surface area contributed by atoms with Gasteiger partial charge in [0.15, 0.2) is 0 Å². The van der Waals surface area contributed by atoms with Crippen molar-refractivity contribution < 1.29 is 5.11 Å². The minimum absolute atomic E-state index is 0.296. The first kappa shape index (κ1) is 15.1. The summed E-state index contributed by atoms with van der Waals surface area (Å²) in [6, 6.07) is 7.27. The molecule has 5 nitrogen and oxygen atoms in total. The molecular weight excluding hydrogens is 264 g/mol. The van der Waals surface area contributed by atoms with E-state index >= 15 is 0 Å². The molecule has 1 aromatic heterocycles. The lowest BCUT2D eigenvalue weighted by Crippen LogP contribution is -2.12. The predicted octanol–water partition coefficient (Wildman–Crippen LogP) is 2.89. The highest BCUT2D eigenvalue weighted by Crippen LogP contribution is 2.19. The molecule has 0 spiro atoms. The Labute approximate surface area is 125 Å². The maximum absolute atomic E-state index is 9.27. The van der Waals surface area contributed by atoms with Gasteiger partial charge in [-0.2, -0.15) is 0 Å². The number of aromatic nitrogens is 2. The first-order valence-electron chi connectivity index (χ1n) is 7.21. The summed E-state index contributed by atoms with van der Waals surface area (Å²) in [5.74, 6) is 2.81. The normalized spacial score (nSPS) is 10.4. The molecule has 1 heterocycles. The SMILES string of the molecule is CCNc1nc(C)nc(NCCc2ccc(O)cc2)c1C. The summed E-state index contributed by atoms with van der Waals surface area (Å²) in [6.07, 6.45) is 0.874. The van der Waals surface area contributed by atoms with Crippen molar-refractivity contribution in [3.63, 3.8) is 0 Å². The first-order chi connectivity index (χ1) is 10.1.